The molecule has 1 fully saturated rings. The van der Waals surface area contributed by atoms with Gasteiger partial charge in [0.15, 0.2) is 0 Å². The van der Waals surface area contributed by atoms with E-state index in [1.165, 1.54) is 0 Å². The lowest BCUT2D eigenvalue weighted by atomic mass is 10.2. The van der Waals surface area contributed by atoms with Gasteiger partial charge in [0.2, 0.25) is 0 Å². The van der Waals surface area contributed by atoms with Crippen LogP contribution < -0.4 is 20.3 Å². The Bertz CT molecular complexity index is 751. The van der Waals surface area contributed by atoms with E-state index in [1.807, 2.05) is 42.5 Å². The maximum atomic E-state index is 12.2. The normalized spacial score (nSPS) is 13.9. The van der Waals surface area contributed by atoms with Gasteiger partial charge in [0, 0.05) is 19.6 Å². The number of rotatable bonds is 7. The average molecular weight is 390 g/mol. The molecule has 2 amide bonds. The molecule has 7 heteroatoms. The molecule has 1 aliphatic heterocycles. The molecular formula is C20H24ClN3O3. The zero-order valence-corrected chi connectivity index (χ0v) is 15.9. The highest BCUT2D eigenvalue weighted by molar-refractivity contribution is 6.32. The number of ether oxygens (including phenoxy) is 2. The second-order valence-corrected chi connectivity index (χ2v) is 6.54. The van der Waals surface area contributed by atoms with Crippen molar-refractivity contribution in [2.75, 3.05) is 49.7 Å². The van der Waals surface area contributed by atoms with Crippen molar-refractivity contribution < 1.29 is 14.3 Å². The number of halogens is 1. The number of para-hydroxylation sites is 3. The summed E-state index contributed by atoms with van der Waals surface area (Å²) in [5, 5.41) is 6.37. The molecule has 0 radical (unpaired) electrons. The minimum absolute atomic E-state index is 0.228. The third kappa shape index (κ3) is 5.77. The maximum Gasteiger partial charge on any atom is 0.319 e. The Kier molecular flexibility index (Phi) is 7.19. The summed E-state index contributed by atoms with van der Waals surface area (Å²) in [6.07, 6.45) is 0.684. The predicted octanol–water partition coefficient (Wildman–Crippen LogP) is 3.77. The first-order valence-corrected chi connectivity index (χ1v) is 9.46. The van der Waals surface area contributed by atoms with Gasteiger partial charge in [0.05, 0.1) is 36.2 Å². The molecule has 0 saturated carbocycles. The Morgan fingerprint density at radius 2 is 1.85 bits per heavy atom. The van der Waals surface area contributed by atoms with E-state index in [4.69, 9.17) is 21.1 Å². The fraction of sp³-hybridized carbons (Fsp3) is 0.350. The average Bonchev–Trinajstić information content (AvgIpc) is 2.70. The van der Waals surface area contributed by atoms with Crippen molar-refractivity contribution in [1.29, 1.82) is 0 Å². The van der Waals surface area contributed by atoms with E-state index in [2.05, 4.69) is 15.5 Å². The van der Waals surface area contributed by atoms with Gasteiger partial charge in [-0.25, -0.2) is 4.79 Å². The molecule has 0 bridgehead atoms. The van der Waals surface area contributed by atoms with E-state index in [-0.39, 0.29) is 6.03 Å². The molecule has 27 heavy (non-hydrogen) atoms. The van der Waals surface area contributed by atoms with E-state index in [0.29, 0.717) is 43.6 Å². The Morgan fingerprint density at radius 1 is 1.11 bits per heavy atom. The summed E-state index contributed by atoms with van der Waals surface area (Å²) < 4.78 is 11.0. The van der Waals surface area contributed by atoms with Crippen molar-refractivity contribution in [3.8, 4) is 5.75 Å². The first kappa shape index (κ1) is 19.3. The molecule has 2 aromatic carbocycles. The minimum Gasteiger partial charge on any atom is -0.492 e. The van der Waals surface area contributed by atoms with Gasteiger partial charge in [-0.15, -0.1) is 0 Å². The molecular weight excluding hydrogens is 366 g/mol. The number of carbonyl (C=O) groups excluding carboxylic acids is 1. The second kappa shape index (κ2) is 10.0. The van der Waals surface area contributed by atoms with Gasteiger partial charge in [-0.1, -0.05) is 35.9 Å². The van der Waals surface area contributed by atoms with Crippen LogP contribution >= 0.6 is 11.6 Å². The zero-order chi connectivity index (χ0) is 18.9. The van der Waals surface area contributed by atoms with Crippen molar-refractivity contribution in [2.24, 2.45) is 0 Å². The molecule has 0 unspecified atom stereocenters. The number of carbonyl (C=O) groups is 1. The van der Waals surface area contributed by atoms with Gasteiger partial charge in [0.25, 0.3) is 0 Å². The number of nitrogens with one attached hydrogen (secondary N) is 2. The summed E-state index contributed by atoms with van der Waals surface area (Å²) >= 11 is 6.04. The van der Waals surface area contributed by atoms with Gasteiger partial charge in [-0.3, -0.25) is 0 Å². The summed E-state index contributed by atoms with van der Waals surface area (Å²) in [6, 6.07) is 14.9. The van der Waals surface area contributed by atoms with E-state index in [1.54, 1.807) is 6.07 Å². The lowest BCUT2D eigenvalue weighted by molar-refractivity contribution is 0.123. The third-order valence-corrected chi connectivity index (χ3v) is 4.52. The highest BCUT2D eigenvalue weighted by Crippen LogP contribution is 2.26. The van der Waals surface area contributed by atoms with Crippen molar-refractivity contribution >= 4 is 29.0 Å². The number of morpholine rings is 1. The molecule has 1 aliphatic rings. The fourth-order valence-electron chi connectivity index (χ4n) is 2.84. The molecule has 6 nitrogen and oxygen atoms in total. The van der Waals surface area contributed by atoms with E-state index in [9.17, 15) is 4.79 Å². The summed E-state index contributed by atoms with van der Waals surface area (Å²) in [5.74, 6) is 0.656. The molecule has 144 valence electrons. The van der Waals surface area contributed by atoms with Gasteiger partial charge in [0.1, 0.15) is 5.75 Å². The summed E-state index contributed by atoms with van der Waals surface area (Å²) in [6.45, 7) is 4.03. The highest BCUT2D eigenvalue weighted by Gasteiger charge is 2.15. The topological polar surface area (TPSA) is 62.8 Å². The lowest BCUT2D eigenvalue weighted by Crippen LogP contribution is -2.37. The van der Waals surface area contributed by atoms with E-state index in [0.717, 1.165) is 24.5 Å². The maximum absolute atomic E-state index is 12.2. The van der Waals surface area contributed by atoms with Crippen LogP contribution in [0.25, 0.3) is 0 Å². The van der Waals surface area contributed by atoms with Crippen LogP contribution in [0.5, 0.6) is 5.75 Å². The monoisotopic (exact) mass is 389 g/mol. The van der Waals surface area contributed by atoms with Crippen LogP contribution in [0.3, 0.4) is 0 Å². The SMILES string of the molecule is O=C(NCCCOc1ccccc1Cl)Nc1ccccc1N1CCOCC1. The largest absolute Gasteiger partial charge is 0.492 e. The van der Waals surface area contributed by atoms with Crippen LogP contribution in [0, 0.1) is 0 Å². The second-order valence-electron chi connectivity index (χ2n) is 6.13. The molecule has 1 heterocycles. The van der Waals surface area contributed by atoms with Crippen LogP contribution in [-0.2, 0) is 4.74 Å². The van der Waals surface area contributed by atoms with Crippen LogP contribution in [0.4, 0.5) is 16.2 Å². The van der Waals surface area contributed by atoms with Gasteiger partial charge in [-0.05, 0) is 30.7 Å². The van der Waals surface area contributed by atoms with Crippen molar-refractivity contribution in [3.63, 3.8) is 0 Å². The van der Waals surface area contributed by atoms with Crippen molar-refractivity contribution in [1.82, 2.24) is 5.32 Å². The van der Waals surface area contributed by atoms with E-state index < -0.39 is 0 Å². The summed E-state index contributed by atoms with van der Waals surface area (Å²) in [7, 11) is 0. The molecule has 1 saturated heterocycles. The molecule has 3 rings (SSSR count). The van der Waals surface area contributed by atoms with Gasteiger partial charge < -0.3 is 25.0 Å². The third-order valence-electron chi connectivity index (χ3n) is 4.20. The van der Waals surface area contributed by atoms with Crippen molar-refractivity contribution in [2.45, 2.75) is 6.42 Å². The van der Waals surface area contributed by atoms with Crippen LogP contribution in [-0.4, -0.2) is 45.5 Å². The molecule has 0 spiro atoms. The number of nitrogens with zero attached hydrogens (tertiary/aromatic N) is 1. The first-order chi connectivity index (χ1) is 13.2. The molecule has 0 aromatic heterocycles. The fourth-order valence-corrected chi connectivity index (χ4v) is 3.03. The van der Waals surface area contributed by atoms with Crippen LogP contribution in [0.1, 0.15) is 6.42 Å². The number of hydrogen-bond acceptors (Lipinski definition) is 4. The first-order valence-electron chi connectivity index (χ1n) is 9.08. The summed E-state index contributed by atoms with van der Waals surface area (Å²) in [5.41, 5.74) is 1.81. The number of hydrogen-bond donors (Lipinski definition) is 2. The Balaban J connectivity index is 1.42. The molecule has 2 aromatic rings. The van der Waals surface area contributed by atoms with Crippen LogP contribution in [0.15, 0.2) is 48.5 Å². The Morgan fingerprint density at radius 3 is 2.67 bits per heavy atom. The Labute approximate surface area is 164 Å². The highest BCUT2D eigenvalue weighted by atomic mass is 35.5. The minimum atomic E-state index is -0.228. The number of urea groups is 1. The standard InChI is InChI=1S/C20H24ClN3O3/c21-16-6-1-4-9-19(16)27-13-5-10-22-20(25)23-17-7-2-3-8-18(17)24-11-14-26-15-12-24/h1-4,6-9H,5,10-15H2,(H2,22,23,25). The molecule has 0 aliphatic carbocycles. The quantitative estimate of drug-likeness (QED) is 0.707. The number of amides is 2. The molecule has 0 atom stereocenters. The van der Waals surface area contributed by atoms with Gasteiger partial charge >= 0.3 is 6.03 Å². The Hall–Kier alpha value is -2.44. The number of benzene rings is 2. The number of anilines is 2. The van der Waals surface area contributed by atoms with Gasteiger partial charge in [-0.2, -0.15) is 0 Å². The molecule has 2 N–H and O–H groups in total. The van der Waals surface area contributed by atoms with Crippen LogP contribution in [0.2, 0.25) is 5.02 Å². The lowest BCUT2D eigenvalue weighted by Gasteiger charge is -2.30. The van der Waals surface area contributed by atoms with Crippen molar-refractivity contribution in [3.05, 3.63) is 53.6 Å². The predicted molar refractivity (Wildman–Crippen MR) is 108 cm³/mol. The smallest absolute Gasteiger partial charge is 0.319 e. The summed E-state index contributed by atoms with van der Waals surface area (Å²) in [4.78, 5) is 14.4. The zero-order valence-electron chi connectivity index (χ0n) is 15.1. The van der Waals surface area contributed by atoms with E-state index >= 15 is 0 Å².